The number of amides is 2. The summed E-state index contributed by atoms with van der Waals surface area (Å²) in [5.74, 6) is 0. The Morgan fingerprint density at radius 1 is 0.618 bits per heavy atom. The predicted octanol–water partition coefficient (Wildman–Crippen LogP) is 7.81. The van der Waals surface area contributed by atoms with Gasteiger partial charge in [0.05, 0.1) is 9.81 Å². The van der Waals surface area contributed by atoms with Crippen molar-refractivity contribution in [3.63, 3.8) is 0 Å². The van der Waals surface area contributed by atoms with E-state index < -0.39 is 0 Å². The molecule has 0 aliphatic carbocycles. The zero-order valence-electron chi connectivity index (χ0n) is 18.5. The van der Waals surface area contributed by atoms with E-state index in [2.05, 4.69) is 60.7 Å². The lowest BCUT2D eigenvalue weighted by atomic mass is 9.95. The van der Waals surface area contributed by atoms with Gasteiger partial charge in [0.2, 0.25) is 0 Å². The highest BCUT2D eigenvalue weighted by atomic mass is 32.2. The Kier molecular flexibility index (Phi) is 6.33. The smallest absolute Gasteiger partial charge is 0.291 e. The van der Waals surface area contributed by atoms with Crippen LogP contribution in [-0.2, 0) is 0 Å². The summed E-state index contributed by atoms with van der Waals surface area (Å²) < 4.78 is 0. The quantitative estimate of drug-likeness (QED) is 0.152. The molecule has 4 nitrogen and oxygen atoms in total. The van der Waals surface area contributed by atoms with E-state index in [0.717, 1.165) is 23.5 Å². The van der Waals surface area contributed by atoms with Crippen molar-refractivity contribution in [2.75, 3.05) is 13.1 Å². The first-order valence-corrected chi connectivity index (χ1v) is 13.3. The van der Waals surface area contributed by atoms with Crippen LogP contribution in [-0.4, -0.2) is 43.3 Å². The summed E-state index contributed by atoms with van der Waals surface area (Å²) in [7, 11) is 0. The molecule has 2 saturated heterocycles. The van der Waals surface area contributed by atoms with Crippen LogP contribution in [0.4, 0.5) is 9.59 Å². The molecule has 0 radical (unpaired) electrons. The average molecular weight is 521 g/mol. The fourth-order valence-electron chi connectivity index (χ4n) is 4.29. The van der Waals surface area contributed by atoms with E-state index in [4.69, 9.17) is 24.4 Å². The number of benzene rings is 4. The van der Waals surface area contributed by atoms with Gasteiger partial charge >= 0.3 is 0 Å². The molecule has 2 aliphatic heterocycles. The van der Waals surface area contributed by atoms with Gasteiger partial charge in [-0.15, -0.1) is 0 Å². The van der Waals surface area contributed by atoms with E-state index in [9.17, 15) is 9.59 Å². The molecule has 4 aromatic rings. The predicted molar refractivity (Wildman–Crippen MR) is 153 cm³/mol. The minimum Gasteiger partial charge on any atom is -0.293 e. The number of hydrogen-bond acceptors (Lipinski definition) is 6. The summed E-state index contributed by atoms with van der Waals surface area (Å²) in [6.07, 6.45) is 0. The highest BCUT2D eigenvalue weighted by Gasteiger charge is 2.39. The van der Waals surface area contributed by atoms with Crippen LogP contribution in [0.3, 0.4) is 0 Å². The first-order chi connectivity index (χ1) is 16.4. The van der Waals surface area contributed by atoms with Gasteiger partial charge in [-0.1, -0.05) is 85.1 Å². The van der Waals surface area contributed by atoms with Gasteiger partial charge < -0.3 is 0 Å². The number of nitrogens with zero attached hydrogens (tertiary/aromatic N) is 2. The summed E-state index contributed by atoms with van der Waals surface area (Å²) >= 11 is 12.6. The van der Waals surface area contributed by atoms with Crippen LogP contribution >= 0.6 is 48.0 Å². The molecule has 8 heteroatoms. The molecule has 0 N–H and O–H groups in total. The van der Waals surface area contributed by atoms with Crippen molar-refractivity contribution < 1.29 is 9.59 Å². The SMILES string of the molecule is CCN1C(=O)S/C(=C2/SC(=O)N(CC)C2=S)C1=S.c1cc2ccc3cccc4ccc(c1)c2c34. The second-order valence-electron chi connectivity index (χ2n) is 7.78. The van der Waals surface area contributed by atoms with Gasteiger partial charge in [-0.05, 0) is 69.7 Å². The first kappa shape index (κ1) is 23.2. The van der Waals surface area contributed by atoms with E-state index in [0.29, 0.717) is 32.9 Å². The summed E-state index contributed by atoms with van der Waals surface area (Å²) in [6.45, 7) is 4.79. The largest absolute Gasteiger partial charge is 0.293 e. The van der Waals surface area contributed by atoms with Crippen molar-refractivity contribution in [1.29, 1.82) is 0 Å². The van der Waals surface area contributed by atoms with Gasteiger partial charge in [0.1, 0.15) is 9.98 Å². The highest BCUT2D eigenvalue weighted by Crippen LogP contribution is 2.42. The summed E-state index contributed by atoms with van der Waals surface area (Å²) in [5, 5.41) is 7.94. The molecule has 170 valence electrons. The molecule has 2 heterocycles. The van der Waals surface area contributed by atoms with Gasteiger partial charge in [0, 0.05) is 13.1 Å². The molecule has 2 fully saturated rings. The van der Waals surface area contributed by atoms with Crippen molar-refractivity contribution >= 4 is 101 Å². The minimum absolute atomic E-state index is 0.101. The van der Waals surface area contributed by atoms with Crippen LogP contribution in [0.2, 0.25) is 0 Å². The number of rotatable bonds is 2. The average Bonchev–Trinajstić information content (AvgIpc) is 3.30. The number of likely N-dealkylation sites (N-methyl/N-ethyl adjacent to an activating group) is 2. The Morgan fingerprint density at radius 2 is 0.941 bits per heavy atom. The zero-order chi connectivity index (χ0) is 24.0. The van der Waals surface area contributed by atoms with E-state index in [1.165, 1.54) is 42.1 Å². The number of carbonyl (C=O) groups excluding carboxylic acids is 2. The van der Waals surface area contributed by atoms with E-state index in [1.54, 1.807) is 0 Å². The molecule has 6 rings (SSSR count). The lowest BCUT2D eigenvalue weighted by Crippen LogP contribution is -2.28. The number of carbonyl (C=O) groups is 2. The Morgan fingerprint density at radius 3 is 1.21 bits per heavy atom. The minimum atomic E-state index is -0.101. The number of thioether (sulfide) groups is 2. The van der Waals surface area contributed by atoms with Crippen molar-refractivity contribution in [3.05, 3.63) is 70.5 Å². The zero-order valence-corrected chi connectivity index (χ0v) is 21.8. The molecular formula is C26H20N2O2S4. The van der Waals surface area contributed by atoms with E-state index in [-0.39, 0.29) is 10.5 Å². The maximum absolute atomic E-state index is 11.7. The third-order valence-corrected chi connectivity index (χ3v) is 9.16. The standard InChI is InChI=1S/C16H10.C10H10N2O2S4/c1-3-11-7-9-13-5-2-6-14-10-8-12(4-1)15(11)16(13)14;1-3-11-7(15)5(17-9(11)13)6-8(16)12(4-2)10(14)18-6/h1-10H;3-4H2,1-2H3/b;6-5+. The molecule has 0 aromatic heterocycles. The monoisotopic (exact) mass is 520 g/mol. The molecule has 0 bridgehead atoms. The topological polar surface area (TPSA) is 40.6 Å². The second kappa shape index (κ2) is 9.26. The molecule has 0 spiro atoms. The molecule has 0 atom stereocenters. The van der Waals surface area contributed by atoms with Crippen LogP contribution in [0.1, 0.15) is 13.8 Å². The van der Waals surface area contributed by atoms with Gasteiger partial charge in [-0.3, -0.25) is 19.4 Å². The fraction of sp³-hybridized carbons (Fsp3) is 0.154. The number of hydrogen-bond donors (Lipinski definition) is 0. The van der Waals surface area contributed by atoms with Gasteiger partial charge in [-0.2, -0.15) is 0 Å². The van der Waals surface area contributed by atoms with E-state index in [1.807, 2.05) is 13.8 Å². The van der Waals surface area contributed by atoms with Crippen LogP contribution in [0.5, 0.6) is 0 Å². The molecule has 2 amide bonds. The summed E-state index contributed by atoms with van der Waals surface area (Å²) in [6, 6.07) is 21.9. The Bertz CT molecular complexity index is 1350. The van der Waals surface area contributed by atoms with Gasteiger partial charge in [0.25, 0.3) is 10.5 Å². The lowest BCUT2D eigenvalue weighted by molar-refractivity contribution is 0.246. The Balaban J connectivity index is 0.000000142. The molecule has 34 heavy (non-hydrogen) atoms. The highest BCUT2D eigenvalue weighted by molar-refractivity contribution is 8.23. The van der Waals surface area contributed by atoms with Gasteiger partial charge in [-0.25, -0.2) is 0 Å². The molecule has 0 saturated carbocycles. The molecular weight excluding hydrogens is 501 g/mol. The van der Waals surface area contributed by atoms with E-state index >= 15 is 0 Å². The van der Waals surface area contributed by atoms with Crippen LogP contribution in [0, 0.1) is 0 Å². The van der Waals surface area contributed by atoms with Crippen LogP contribution in [0.25, 0.3) is 32.3 Å². The van der Waals surface area contributed by atoms with Gasteiger partial charge in [0.15, 0.2) is 0 Å². The van der Waals surface area contributed by atoms with Crippen LogP contribution in [0.15, 0.2) is 70.5 Å². The normalized spacial score (nSPS) is 18.6. The summed E-state index contributed by atoms with van der Waals surface area (Å²) in [4.78, 5) is 28.8. The Labute approximate surface area is 216 Å². The second-order valence-corrected chi connectivity index (χ2v) is 10.5. The first-order valence-electron chi connectivity index (χ1n) is 10.9. The Hall–Kier alpha value is -2.52. The van der Waals surface area contributed by atoms with Crippen molar-refractivity contribution in [2.24, 2.45) is 0 Å². The molecule has 0 unspecified atom stereocenters. The van der Waals surface area contributed by atoms with Crippen molar-refractivity contribution in [3.8, 4) is 0 Å². The third-order valence-electron chi connectivity index (χ3n) is 5.93. The van der Waals surface area contributed by atoms with Crippen molar-refractivity contribution in [2.45, 2.75) is 13.8 Å². The third kappa shape index (κ3) is 3.79. The molecule has 4 aromatic carbocycles. The summed E-state index contributed by atoms with van der Waals surface area (Å²) in [5.41, 5.74) is 0. The fourth-order valence-corrected chi connectivity index (χ4v) is 7.44. The number of thiocarbonyl (C=S) groups is 2. The molecule has 2 aliphatic rings. The lowest BCUT2D eigenvalue weighted by Gasteiger charge is -2.12. The van der Waals surface area contributed by atoms with Crippen molar-refractivity contribution in [1.82, 2.24) is 9.80 Å². The maximum Gasteiger partial charge on any atom is 0.291 e. The maximum atomic E-state index is 11.7. The van der Waals surface area contributed by atoms with Crippen LogP contribution < -0.4 is 0 Å².